The summed E-state index contributed by atoms with van der Waals surface area (Å²) in [7, 11) is -0.384. The van der Waals surface area contributed by atoms with Crippen molar-refractivity contribution in [2.24, 2.45) is 0 Å². The van der Waals surface area contributed by atoms with Crippen molar-refractivity contribution in [1.29, 1.82) is 0 Å². The zero-order chi connectivity index (χ0) is 17.5. The lowest BCUT2D eigenvalue weighted by Gasteiger charge is -2.32. The maximum absolute atomic E-state index is 6.21. The van der Waals surface area contributed by atoms with Gasteiger partial charge in [0.2, 0.25) is 0 Å². The van der Waals surface area contributed by atoms with E-state index in [9.17, 15) is 0 Å². The molecule has 5 nitrogen and oxygen atoms in total. The third-order valence-corrected chi connectivity index (χ3v) is 4.92. The molecule has 0 bridgehead atoms. The van der Waals surface area contributed by atoms with Crippen LogP contribution in [0.25, 0.3) is 0 Å². The van der Waals surface area contributed by atoms with E-state index in [4.69, 9.17) is 14.4 Å². The minimum Gasteiger partial charge on any atom is -0.399 e. The van der Waals surface area contributed by atoms with Gasteiger partial charge in [0.25, 0.3) is 0 Å². The highest BCUT2D eigenvalue weighted by atomic mass is 16.7. The molecule has 6 heteroatoms. The molecule has 0 saturated carbocycles. The standard InChI is InChI=1S/C18H26BN3O2/c1-13(2)16-15(19-23-17(3,4)18(5,6)24-19)12-22(21-16)11-14-9-7-8-10-20-14/h7-10,12-13H,11H2,1-6H3. The molecule has 0 atom stereocenters. The van der Waals surface area contributed by atoms with Crippen molar-refractivity contribution in [3.8, 4) is 0 Å². The summed E-state index contributed by atoms with van der Waals surface area (Å²) in [5, 5.41) is 4.76. The Morgan fingerprint density at radius 3 is 2.33 bits per heavy atom. The van der Waals surface area contributed by atoms with Crippen molar-refractivity contribution < 1.29 is 9.31 Å². The van der Waals surface area contributed by atoms with Gasteiger partial charge in [0, 0.05) is 17.9 Å². The van der Waals surface area contributed by atoms with Crippen molar-refractivity contribution in [2.45, 2.75) is 65.2 Å². The summed E-state index contributed by atoms with van der Waals surface area (Å²) in [6.45, 7) is 13.2. The van der Waals surface area contributed by atoms with Crippen molar-refractivity contribution in [3.05, 3.63) is 42.0 Å². The summed E-state index contributed by atoms with van der Waals surface area (Å²) < 4.78 is 14.4. The molecule has 0 spiro atoms. The Morgan fingerprint density at radius 1 is 1.12 bits per heavy atom. The van der Waals surface area contributed by atoms with Crippen LogP contribution in [0.1, 0.15) is 58.8 Å². The largest absolute Gasteiger partial charge is 0.498 e. The van der Waals surface area contributed by atoms with Crippen LogP contribution in [0.15, 0.2) is 30.6 Å². The quantitative estimate of drug-likeness (QED) is 0.810. The lowest BCUT2D eigenvalue weighted by molar-refractivity contribution is 0.00578. The molecule has 0 aromatic carbocycles. The van der Waals surface area contributed by atoms with Crippen molar-refractivity contribution in [2.75, 3.05) is 0 Å². The second-order valence-corrected chi connectivity index (χ2v) is 7.73. The highest BCUT2D eigenvalue weighted by Gasteiger charge is 2.52. The van der Waals surface area contributed by atoms with E-state index in [1.807, 2.05) is 29.1 Å². The van der Waals surface area contributed by atoms with Gasteiger partial charge in [-0.3, -0.25) is 9.67 Å². The Balaban J connectivity index is 1.91. The molecule has 2 aromatic rings. The monoisotopic (exact) mass is 327 g/mol. The van der Waals surface area contributed by atoms with Crippen LogP contribution in [0.2, 0.25) is 0 Å². The number of rotatable bonds is 4. The predicted octanol–water partition coefficient (Wildman–Crippen LogP) is 2.75. The van der Waals surface area contributed by atoms with Gasteiger partial charge in [-0.15, -0.1) is 0 Å². The van der Waals surface area contributed by atoms with Crippen LogP contribution in [0, 0.1) is 0 Å². The maximum Gasteiger partial charge on any atom is 0.498 e. The van der Waals surface area contributed by atoms with E-state index in [0.717, 1.165) is 16.9 Å². The molecule has 24 heavy (non-hydrogen) atoms. The molecule has 1 aliphatic heterocycles. The smallest absolute Gasteiger partial charge is 0.399 e. The van der Waals surface area contributed by atoms with Crippen LogP contribution in [-0.2, 0) is 15.9 Å². The molecule has 0 unspecified atom stereocenters. The van der Waals surface area contributed by atoms with E-state index in [-0.39, 0.29) is 18.3 Å². The molecular formula is C18H26BN3O2. The number of nitrogens with zero attached hydrogens (tertiary/aromatic N) is 3. The molecule has 1 saturated heterocycles. The van der Waals surface area contributed by atoms with E-state index in [1.54, 1.807) is 6.20 Å². The Morgan fingerprint density at radius 2 is 1.79 bits per heavy atom. The SMILES string of the molecule is CC(C)c1nn(Cc2ccccn2)cc1B1OC(C)(C)C(C)(C)O1. The molecule has 3 heterocycles. The highest BCUT2D eigenvalue weighted by molar-refractivity contribution is 6.62. The zero-order valence-electron chi connectivity index (χ0n) is 15.4. The van der Waals surface area contributed by atoms with Gasteiger partial charge < -0.3 is 9.31 Å². The van der Waals surface area contributed by atoms with Gasteiger partial charge in [0.15, 0.2) is 0 Å². The average molecular weight is 327 g/mol. The van der Waals surface area contributed by atoms with Crippen molar-refractivity contribution in [3.63, 3.8) is 0 Å². The molecule has 1 aliphatic rings. The molecule has 1 fully saturated rings. The Bertz CT molecular complexity index is 694. The number of hydrogen-bond donors (Lipinski definition) is 0. The molecular weight excluding hydrogens is 301 g/mol. The van der Waals surface area contributed by atoms with E-state index >= 15 is 0 Å². The molecule has 0 amide bonds. The third kappa shape index (κ3) is 3.13. The van der Waals surface area contributed by atoms with Crippen LogP contribution in [0.4, 0.5) is 0 Å². The van der Waals surface area contributed by atoms with Crippen LogP contribution in [0.5, 0.6) is 0 Å². The lowest BCUT2D eigenvalue weighted by atomic mass is 9.77. The average Bonchev–Trinajstić information content (AvgIpc) is 2.99. The second kappa shape index (κ2) is 6.01. The van der Waals surface area contributed by atoms with E-state index in [2.05, 4.69) is 46.5 Å². The summed E-state index contributed by atoms with van der Waals surface area (Å²) in [6, 6.07) is 5.91. The topological polar surface area (TPSA) is 49.2 Å². The minimum absolute atomic E-state index is 0.295. The first-order valence-electron chi connectivity index (χ1n) is 8.52. The van der Waals surface area contributed by atoms with Crippen LogP contribution >= 0.6 is 0 Å². The fraction of sp³-hybridized carbons (Fsp3) is 0.556. The Kier molecular flexibility index (Phi) is 4.30. The maximum atomic E-state index is 6.21. The van der Waals surface area contributed by atoms with Crippen LogP contribution in [-0.4, -0.2) is 33.1 Å². The van der Waals surface area contributed by atoms with Gasteiger partial charge >= 0.3 is 7.12 Å². The van der Waals surface area contributed by atoms with Crippen molar-refractivity contribution in [1.82, 2.24) is 14.8 Å². The molecule has 0 radical (unpaired) electrons. The first kappa shape index (κ1) is 17.2. The first-order valence-corrected chi connectivity index (χ1v) is 8.52. The van der Waals surface area contributed by atoms with E-state index in [1.165, 1.54) is 0 Å². The van der Waals surface area contributed by atoms with E-state index < -0.39 is 0 Å². The van der Waals surface area contributed by atoms with Gasteiger partial charge in [-0.25, -0.2) is 0 Å². The Labute approximate surface area is 144 Å². The minimum atomic E-state index is -0.384. The van der Waals surface area contributed by atoms with Crippen molar-refractivity contribution >= 4 is 12.6 Å². The summed E-state index contributed by atoms with van der Waals surface area (Å²) >= 11 is 0. The second-order valence-electron chi connectivity index (χ2n) is 7.73. The van der Waals surface area contributed by atoms with Gasteiger partial charge in [-0.1, -0.05) is 19.9 Å². The highest BCUT2D eigenvalue weighted by Crippen LogP contribution is 2.37. The number of aromatic nitrogens is 3. The third-order valence-electron chi connectivity index (χ3n) is 4.92. The molecule has 2 aromatic heterocycles. The molecule has 0 aliphatic carbocycles. The molecule has 3 rings (SSSR count). The Hall–Kier alpha value is -1.66. The van der Waals surface area contributed by atoms with Gasteiger partial charge in [-0.2, -0.15) is 5.10 Å². The van der Waals surface area contributed by atoms with Crippen LogP contribution < -0.4 is 5.46 Å². The summed E-state index contributed by atoms with van der Waals surface area (Å²) in [4.78, 5) is 4.38. The van der Waals surface area contributed by atoms with Crippen LogP contribution in [0.3, 0.4) is 0 Å². The normalized spacial score (nSPS) is 19.2. The molecule has 128 valence electrons. The molecule has 0 N–H and O–H groups in total. The lowest BCUT2D eigenvalue weighted by Crippen LogP contribution is -2.41. The van der Waals surface area contributed by atoms with Gasteiger partial charge in [-0.05, 0) is 45.7 Å². The summed E-state index contributed by atoms with van der Waals surface area (Å²) in [6.07, 6.45) is 3.84. The summed E-state index contributed by atoms with van der Waals surface area (Å²) in [5.74, 6) is 0.295. The van der Waals surface area contributed by atoms with Gasteiger partial charge in [0.1, 0.15) is 0 Å². The predicted molar refractivity (Wildman–Crippen MR) is 95.4 cm³/mol. The zero-order valence-corrected chi connectivity index (χ0v) is 15.4. The summed E-state index contributed by atoms with van der Waals surface area (Å²) in [5.41, 5.74) is 2.31. The fourth-order valence-corrected chi connectivity index (χ4v) is 2.79. The van der Waals surface area contributed by atoms with E-state index in [0.29, 0.717) is 12.5 Å². The number of hydrogen-bond acceptors (Lipinski definition) is 4. The number of pyridine rings is 1. The first-order chi connectivity index (χ1) is 11.2. The fourth-order valence-electron chi connectivity index (χ4n) is 2.79. The van der Waals surface area contributed by atoms with Gasteiger partial charge in [0.05, 0.1) is 29.1 Å².